The number of carboxylic acid groups (broad SMARTS) is 3. The Labute approximate surface area is 149 Å². The highest BCUT2D eigenvalue weighted by atomic mass is 19.4. The molecule has 2 rings (SSSR count). The van der Waals surface area contributed by atoms with Crippen LogP contribution in [0.3, 0.4) is 0 Å². The van der Waals surface area contributed by atoms with E-state index in [0.29, 0.717) is 17.0 Å². The van der Waals surface area contributed by atoms with E-state index < -0.39 is 24.1 Å². The fourth-order valence-electron chi connectivity index (χ4n) is 1.72. The lowest BCUT2D eigenvalue weighted by molar-refractivity contribution is -0.192. The third-order valence-corrected chi connectivity index (χ3v) is 2.93. The van der Waals surface area contributed by atoms with E-state index in [4.69, 9.17) is 24.9 Å². The first-order valence-corrected chi connectivity index (χ1v) is 6.88. The molecule has 0 aliphatic carbocycles. The number of hydrogen-bond acceptors (Lipinski definition) is 5. The van der Waals surface area contributed by atoms with E-state index in [-0.39, 0.29) is 11.1 Å². The molecular formula is C16H12F3NO7. The number of methoxy groups -OCH3 is 1. The smallest absolute Gasteiger partial charge is 0.490 e. The lowest BCUT2D eigenvalue weighted by Crippen LogP contribution is -2.21. The summed E-state index contributed by atoms with van der Waals surface area (Å²) in [6.45, 7) is 0. The SMILES string of the molecule is COc1ccnc(-c2cc(C(=O)O)cc(C(=O)O)c2)c1.O=C(O)C(F)(F)F. The van der Waals surface area contributed by atoms with Crippen LogP contribution >= 0.6 is 0 Å². The molecule has 1 aromatic heterocycles. The summed E-state index contributed by atoms with van der Waals surface area (Å²) in [5.74, 6) is -4.60. The van der Waals surface area contributed by atoms with Gasteiger partial charge in [0.15, 0.2) is 0 Å². The summed E-state index contributed by atoms with van der Waals surface area (Å²) in [7, 11) is 1.50. The number of carboxylic acids is 3. The summed E-state index contributed by atoms with van der Waals surface area (Å²) in [5, 5.41) is 25.2. The van der Waals surface area contributed by atoms with Gasteiger partial charge in [0.2, 0.25) is 0 Å². The van der Waals surface area contributed by atoms with Crippen molar-refractivity contribution in [3.63, 3.8) is 0 Å². The highest BCUT2D eigenvalue weighted by Crippen LogP contribution is 2.24. The number of rotatable bonds is 4. The molecule has 0 saturated carbocycles. The quantitative estimate of drug-likeness (QED) is 0.729. The minimum absolute atomic E-state index is 0.107. The highest BCUT2D eigenvalue weighted by molar-refractivity contribution is 5.95. The fraction of sp³-hybridized carbons (Fsp3) is 0.125. The molecule has 0 aliphatic rings. The van der Waals surface area contributed by atoms with Crippen molar-refractivity contribution in [2.24, 2.45) is 0 Å². The maximum atomic E-state index is 11.0. The van der Waals surface area contributed by atoms with Gasteiger partial charge in [-0.25, -0.2) is 14.4 Å². The number of aliphatic carboxylic acids is 1. The van der Waals surface area contributed by atoms with E-state index in [2.05, 4.69) is 4.98 Å². The van der Waals surface area contributed by atoms with Crippen LogP contribution in [-0.2, 0) is 4.79 Å². The van der Waals surface area contributed by atoms with Crippen molar-refractivity contribution < 1.29 is 47.6 Å². The number of alkyl halides is 3. The molecule has 27 heavy (non-hydrogen) atoms. The normalized spacial score (nSPS) is 10.4. The van der Waals surface area contributed by atoms with Crippen LogP contribution in [0.5, 0.6) is 5.75 Å². The Bertz CT molecular complexity index is 833. The van der Waals surface area contributed by atoms with Crippen molar-refractivity contribution in [1.82, 2.24) is 4.98 Å². The van der Waals surface area contributed by atoms with Crippen molar-refractivity contribution >= 4 is 17.9 Å². The molecule has 1 heterocycles. The number of benzene rings is 1. The van der Waals surface area contributed by atoms with E-state index in [0.717, 1.165) is 6.07 Å². The van der Waals surface area contributed by atoms with Crippen LogP contribution < -0.4 is 4.74 Å². The minimum Gasteiger partial charge on any atom is -0.497 e. The van der Waals surface area contributed by atoms with E-state index in [1.807, 2.05) is 0 Å². The summed E-state index contributed by atoms with van der Waals surface area (Å²) in [5.41, 5.74) is 0.630. The molecule has 0 amide bonds. The molecular weight excluding hydrogens is 375 g/mol. The van der Waals surface area contributed by atoms with Gasteiger partial charge in [-0.3, -0.25) is 4.98 Å². The molecule has 0 aliphatic heterocycles. The first-order valence-electron chi connectivity index (χ1n) is 6.88. The number of pyridine rings is 1. The van der Waals surface area contributed by atoms with Gasteiger partial charge in [-0.05, 0) is 24.3 Å². The van der Waals surface area contributed by atoms with Gasteiger partial charge in [0.05, 0.1) is 23.9 Å². The third kappa shape index (κ3) is 6.30. The number of ether oxygens (including phenoxy) is 1. The molecule has 144 valence electrons. The molecule has 0 saturated heterocycles. The van der Waals surface area contributed by atoms with Crippen LogP contribution in [0.2, 0.25) is 0 Å². The Hall–Kier alpha value is -3.63. The van der Waals surface area contributed by atoms with Gasteiger partial charge in [-0.1, -0.05) is 0 Å². The number of aromatic carboxylic acids is 2. The summed E-state index contributed by atoms with van der Waals surface area (Å²) in [4.78, 5) is 35.1. The van der Waals surface area contributed by atoms with Crippen LogP contribution in [0, 0.1) is 0 Å². The molecule has 0 unspecified atom stereocenters. The number of halogens is 3. The first-order chi connectivity index (χ1) is 12.5. The minimum atomic E-state index is -5.08. The van der Waals surface area contributed by atoms with Crippen molar-refractivity contribution in [3.05, 3.63) is 47.7 Å². The van der Waals surface area contributed by atoms with Crippen LogP contribution in [0.1, 0.15) is 20.7 Å². The Morgan fingerprint density at radius 1 is 0.963 bits per heavy atom. The molecule has 1 aromatic carbocycles. The van der Waals surface area contributed by atoms with Crippen molar-refractivity contribution in [2.45, 2.75) is 6.18 Å². The second-order valence-corrected chi connectivity index (χ2v) is 4.79. The Kier molecular flexibility index (Phi) is 6.86. The molecule has 0 radical (unpaired) electrons. The van der Waals surface area contributed by atoms with Gasteiger partial charge < -0.3 is 20.1 Å². The molecule has 3 N–H and O–H groups in total. The maximum absolute atomic E-state index is 11.0. The zero-order chi connectivity index (χ0) is 20.8. The van der Waals surface area contributed by atoms with Gasteiger partial charge in [0.25, 0.3) is 0 Å². The van der Waals surface area contributed by atoms with E-state index in [1.54, 1.807) is 12.1 Å². The van der Waals surface area contributed by atoms with Gasteiger partial charge in [0, 0.05) is 17.8 Å². The lowest BCUT2D eigenvalue weighted by Gasteiger charge is -2.06. The summed E-state index contributed by atoms with van der Waals surface area (Å²) in [6.07, 6.45) is -3.58. The molecule has 0 atom stereocenters. The Balaban J connectivity index is 0.000000445. The predicted molar refractivity (Wildman–Crippen MR) is 83.8 cm³/mol. The maximum Gasteiger partial charge on any atom is 0.490 e. The largest absolute Gasteiger partial charge is 0.497 e. The van der Waals surface area contributed by atoms with Crippen LogP contribution in [0.25, 0.3) is 11.3 Å². The van der Waals surface area contributed by atoms with Crippen LogP contribution in [-0.4, -0.2) is 51.5 Å². The standard InChI is InChI=1S/C14H11NO5.C2HF3O2/c1-20-11-2-3-15-12(7-11)8-4-9(13(16)17)6-10(5-8)14(18)19;3-2(4,5)1(6)7/h2-7H,1H3,(H,16,17)(H,18,19);(H,6,7). The Morgan fingerprint density at radius 2 is 1.44 bits per heavy atom. The van der Waals surface area contributed by atoms with Crippen molar-refractivity contribution in [3.8, 4) is 17.0 Å². The zero-order valence-electron chi connectivity index (χ0n) is 13.5. The monoisotopic (exact) mass is 387 g/mol. The number of nitrogens with zero attached hydrogens (tertiary/aromatic N) is 1. The van der Waals surface area contributed by atoms with Crippen molar-refractivity contribution in [1.29, 1.82) is 0 Å². The predicted octanol–water partition coefficient (Wildman–Crippen LogP) is 2.79. The average molecular weight is 387 g/mol. The van der Waals surface area contributed by atoms with E-state index in [9.17, 15) is 22.8 Å². The van der Waals surface area contributed by atoms with E-state index >= 15 is 0 Å². The van der Waals surface area contributed by atoms with Gasteiger partial charge >= 0.3 is 24.1 Å². The van der Waals surface area contributed by atoms with Crippen LogP contribution in [0.15, 0.2) is 36.5 Å². The Morgan fingerprint density at radius 3 is 1.81 bits per heavy atom. The summed E-state index contributed by atoms with van der Waals surface area (Å²) >= 11 is 0. The van der Waals surface area contributed by atoms with Crippen molar-refractivity contribution in [2.75, 3.05) is 7.11 Å². The molecule has 11 heteroatoms. The van der Waals surface area contributed by atoms with E-state index in [1.165, 1.54) is 25.4 Å². The second kappa shape index (κ2) is 8.65. The highest BCUT2D eigenvalue weighted by Gasteiger charge is 2.38. The third-order valence-electron chi connectivity index (χ3n) is 2.93. The second-order valence-electron chi connectivity index (χ2n) is 4.79. The zero-order valence-corrected chi connectivity index (χ0v) is 13.5. The lowest BCUT2D eigenvalue weighted by atomic mass is 10.0. The number of hydrogen-bond donors (Lipinski definition) is 3. The van der Waals surface area contributed by atoms with Crippen LogP contribution in [0.4, 0.5) is 13.2 Å². The average Bonchev–Trinajstić information content (AvgIpc) is 2.61. The molecule has 0 fully saturated rings. The molecule has 8 nitrogen and oxygen atoms in total. The summed E-state index contributed by atoms with van der Waals surface area (Å²) in [6, 6.07) is 7.09. The molecule has 2 aromatic rings. The number of aromatic nitrogens is 1. The molecule has 0 spiro atoms. The topological polar surface area (TPSA) is 134 Å². The van der Waals surface area contributed by atoms with Gasteiger partial charge in [0.1, 0.15) is 5.75 Å². The molecule has 0 bridgehead atoms. The number of carbonyl (C=O) groups is 3. The first kappa shape index (κ1) is 21.4. The van der Waals surface area contributed by atoms with Gasteiger partial charge in [-0.15, -0.1) is 0 Å². The fourth-order valence-corrected chi connectivity index (χ4v) is 1.72. The summed E-state index contributed by atoms with van der Waals surface area (Å²) < 4.78 is 36.8. The van der Waals surface area contributed by atoms with Gasteiger partial charge in [-0.2, -0.15) is 13.2 Å².